The molecule has 2 N–H and O–H groups in total. The summed E-state index contributed by atoms with van der Waals surface area (Å²) < 4.78 is 0. The topological polar surface area (TPSA) is 61.4 Å². The van der Waals surface area contributed by atoms with E-state index < -0.39 is 0 Å². The number of nitrogens with zero attached hydrogens (tertiary/aromatic N) is 1. The normalized spacial score (nSPS) is 23.2. The van der Waals surface area contributed by atoms with Crippen molar-refractivity contribution in [3.63, 3.8) is 0 Å². The molecule has 2 fully saturated rings. The first kappa shape index (κ1) is 18.9. The molecule has 5 heteroatoms. The van der Waals surface area contributed by atoms with Gasteiger partial charge in [0.05, 0.1) is 12.0 Å². The number of hydrogen-bond acceptors (Lipinski definition) is 3. The fourth-order valence-corrected chi connectivity index (χ4v) is 4.07. The minimum Gasteiger partial charge on any atom is -0.352 e. The molecule has 5 nitrogen and oxygen atoms in total. The summed E-state index contributed by atoms with van der Waals surface area (Å²) in [6.45, 7) is 3.50. The Morgan fingerprint density at radius 3 is 2.50 bits per heavy atom. The third-order valence-corrected chi connectivity index (χ3v) is 5.74. The molecule has 2 atom stereocenters. The van der Waals surface area contributed by atoms with Gasteiger partial charge in [-0.15, -0.1) is 0 Å². The Morgan fingerprint density at radius 1 is 1.04 bits per heavy atom. The Labute approximate surface area is 156 Å². The van der Waals surface area contributed by atoms with Crippen LogP contribution < -0.4 is 10.6 Å². The fourth-order valence-electron chi connectivity index (χ4n) is 4.07. The van der Waals surface area contributed by atoms with Crippen LogP contribution in [0.25, 0.3) is 0 Å². The fraction of sp³-hybridized carbons (Fsp3) is 0.619. The second-order valence-corrected chi connectivity index (χ2v) is 7.71. The van der Waals surface area contributed by atoms with E-state index in [1.54, 1.807) is 0 Å². The Balaban J connectivity index is 1.51. The van der Waals surface area contributed by atoms with Crippen LogP contribution in [0.1, 0.15) is 51.9 Å². The van der Waals surface area contributed by atoms with Crippen LogP contribution in [0.5, 0.6) is 0 Å². The molecule has 0 spiro atoms. The van der Waals surface area contributed by atoms with Gasteiger partial charge in [-0.25, -0.2) is 0 Å². The van der Waals surface area contributed by atoms with Gasteiger partial charge in [0, 0.05) is 18.3 Å². The van der Waals surface area contributed by atoms with Crippen LogP contribution >= 0.6 is 0 Å². The number of likely N-dealkylation sites (tertiary alicyclic amines) is 1. The summed E-state index contributed by atoms with van der Waals surface area (Å²) in [5.74, 6) is 0.107. The summed E-state index contributed by atoms with van der Waals surface area (Å²) in [6.07, 6.45) is 7.74. The summed E-state index contributed by atoms with van der Waals surface area (Å²) in [7, 11) is 0. The molecule has 1 saturated heterocycles. The lowest BCUT2D eigenvalue weighted by Crippen LogP contribution is -2.52. The molecule has 1 saturated carbocycles. The zero-order valence-corrected chi connectivity index (χ0v) is 15.7. The summed E-state index contributed by atoms with van der Waals surface area (Å²) in [4.78, 5) is 27.4. The number of nitrogens with one attached hydrogen (secondary N) is 2. The van der Waals surface area contributed by atoms with E-state index in [0.717, 1.165) is 37.9 Å². The molecule has 0 bridgehead atoms. The zero-order chi connectivity index (χ0) is 18.4. The summed E-state index contributed by atoms with van der Waals surface area (Å²) in [5.41, 5.74) is 0.831. The van der Waals surface area contributed by atoms with Gasteiger partial charge in [0.25, 0.3) is 0 Å². The summed E-state index contributed by atoms with van der Waals surface area (Å²) in [5, 5.41) is 6.22. The average molecular weight is 357 g/mol. The number of anilines is 1. The number of para-hydroxylation sites is 1. The van der Waals surface area contributed by atoms with E-state index >= 15 is 0 Å². The van der Waals surface area contributed by atoms with E-state index in [2.05, 4.69) is 15.5 Å². The van der Waals surface area contributed by atoms with Gasteiger partial charge >= 0.3 is 0 Å². The van der Waals surface area contributed by atoms with E-state index in [9.17, 15) is 9.59 Å². The first-order valence-electron chi connectivity index (χ1n) is 10.0. The molecule has 1 aliphatic heterocycles. The van der Waals surface area contributed by atoms with E-state index in [1.807, 2.05) is 37.3 Å². The SMILES string of the molecule is CC(C(=O)NC1CCCCC1)N1CCCC(C(=O)Nc2ccccc2)C1. The lowest BCUT2D eigenvalue weighted by Gasteiger charge is -2.36. The minimum atomic E-state index is -0.177. The van der Waals surface area contributed by atoms with Crippen molar-refractivity contribution in [2.75, 3.05) is 18.4 Å². The highest BCUT2D eigenvalue weighted by Gasteiger charge is 2.31. The first-order valence-corrected chi connectivity index (χ1v) is 10.0. The number of benzene rings is 1. The van der Waals surface area contributed by atoms with Crippen molar-refractivity contribution < 1.29 is 9.59 Å². The molecule has 142 valence electrons. The lowest BCUT2D eigenvalue weighted by molar-refractivity contribution is -0.129. The highest BCUT2D eigenvalue weighted by atomic mass is 16.2. The molecule has 1 aromatic rings. The van der Waals surface area contributed by atoms with Crippen LogP contribution in [-0.4, -0.2) is 41.9 Å². The van der Waals surface area contributed by atoms with E-state index in [0.29, 0.717) is 12.6 Å². The summed E-state index contributed by atoms with van der Waals surface area (Å²) in [6, 6.07) is 9.73. The summed E-state index contributed by atoms with van der Waals surface area (Å²) >= 11 is 0. The molecular weight excluding hydrogens is 326 g/mol. The van der Waals surface area contributed by atoms with Crippen LogP contribution in [0.3, 0.4) is 0 Å². The van der Waals surface area contributed by atoms with Crippen molar-refractivity contribution in [1.29, 1.82) is 0 Å². The molecule has 2 unspecified atom stereocenters. The molecule has 1 aliphatic carbocycles. The molecule has 26 heavy (non-hydrogen) atoms. The van der Waals surface area contributed by atoms with Crippen molar-refractivity contribution in [3.05, 3.63) is 30.3 Å². The Hall–Kier alpha value is -1.88. The largest absolute Gasteiger partial charge is 0.352 e. The van der Waals surface area contributed by atoms with Crippen LogP contribution in [-0.2, 0) is 9.59 Å². The molecule has 2 aliphatic rings. The second kappa shape index (κ2) is 9.17. The Bertz CT molecular complexity index is 599. The minimum absolute atomic E-state index is 0.0563. The smallest absolute Gasteiger partial charge is 0.237 e. The van der Waals surface area contributed by atoms with Crippen LogP contribution in [0.15, 0.2) is 30.3 Å². The van der Waals surface area contributed by atoms with Crippen LogP contribution in [0.2, 0.25) is 0 Å². The number of rotatable bonds is 5. The van der Waals surface area contributed by atoms with Crippen LogP contribution in [0.4, 0.5) is 5.69 Å². The Morgan fingerprint density at radius 2 is 1.77 bits per heavy atom. The monoisotopic (exact) mass is 357 g/mol. The van der Waals surface area contributed by atoms with Gasteiger partial charge in [0.15, 0.2) is 0 Å². The van der Waals surface area contributed by atoms with Gasteiger partial charge in [-0.3, -0.25) is 14.5 Å². The number of amides is 2. The highest BCUT2D eigenvalue weighted by molar-refractivity contribution is 5.92. The maximum atomic E-state index is 12.6. The first-order chi connectivity index (χ1) is 12.6. The molecular formula is C21H31N3O2. The van der Waals surface area contributed by atoms with E-state index in [-0.39, 0.29) is 23.8 Å². The van der Waals surface area contributed by atoms with Crippen molar-refractivity contribution in [1.82, 2.24) is 10.2 Å². The number of piperidine rings is 1. The molecule has 1 aromatic carbocycles. The molecule has 1 heterocycles. The van der Waals surface area contributed by atoms with Gasteiger partial charge in [-0.2, -0.15) is 0 Å². The third kappa shape index (κ3) is 5.07. The van der Waals surface area contributed by atoms with Gasteiger partial charge in [-0.1, -0.05) is 37.5 Å². The standard InChI is InChI=1S/C21H31N3O2/c1-16(20(25)22-18-10-4-2-5-11-18)24-14-8-9-17(15-24)21(26)23-19-12-6-3-7-13-19/h3,6-7,12-13,16-18H,2,4-5,8-11,14-15H2,1H3,(H,22,25)(H,23,26). The van der Waals surface area contributed by atoms with Crippen molar-refractivity contribution in [2.45, 2.75) is 64.0 Å². The average Bonchev–Trinajstić information content (AvgIpc) is 2.69. The predicted molar refractivity (Wildman–Crippen MR) is 104 cm³/mol. The lowest BCUT2D eigenvalue weighted by atomic mass is 9.94. The van der Waals surface area contributed by atoms with Gasteiger partial charge in [0.2, 0.25) is 11.8 Å². The van der Waals surface area contributed by atoms with Crippen molar-refractivity contribution in [2.24, 2.45) is 5.92 Å². The van der Waals surface area contributed by atoms with Gasteiger partial charge < -0.3 is 10.6 Å². The zero-order valence-electron chi connectivity index (χ0n) is 15.7. The number of hydrogen-bond donors (Lipinski definition) is 2. The quantitative estimate of drug-likeness (QED) is 0.851. The second-order valence-electron chi connectivity index (χ2n) is 7.71. The van der Waals surface area contributed by atoms with Crippen molar-refractivity contribution in [3.8, 4) is 0 Å². The maximum absolute atomic E-state index is 12.6. The molecule has 0 radical (unpaired) electrons. The molecule has 0 aromatic heterocycles. The third-order valence-electron chi connectivity index (χ3n) is 5.74. The van der Waals surface area contributed by atoms with Gasteiger partial charge in [-0.05, 0) is 51.3 Å². The number of carbonyl (C=O) groups is 2. The maximum Gasteiger partial charge on any atom is 0.237 e. The van der Waals surface area contributed by atoms with E-state index in [1.165, 1.54) is 19.3 Å². The van der Waals surface area contributed by atoms with Gasteiger partial charge in [0.1, 0.15) is 0 Å². The van der Waals surface area contributed by atoms with Crippen molar-refractivity contribution >= 4 is 17.5 Å². The van der Waals surface area contributed by atoms with E-state index in [4.69, 9.17) is 0 Å². The number of carbonyl (C=O) groups excluding carboxylic acids is 2. The molecule has 2 amide bonds. The highest BCUT2D eigenvalue weighted by Crippen LogP contribution is 2.22. The predicted octanol–water partition coefficient (Wildman–Crippen LogP) is 3.17. The Kier molecular flexibility index (Phi) is 6.67. The van der Waals surface area contributed by atoms with Crippen LogP contribution in [0, 0.1) is 5.92 Å². The molecule has 3 rings (SSSR count).